The van der Waals surface area contributed by atoms with E-state index in [0.29, 0.717) is 6.42 Å². The van der Waals surface area contributed by atoms with Gasteiger partial charge in [-0.1, -0.05) is 0 Å². The topological polar surface area (TPSA) is 64.4 Å². The second kappa shape index (κ2) is 6.75. The molecular weight excluding hydrogens is 218 g/mol. The van der Waals surface area contributed by atoms with Crippen molar-refractivity contribution in [3.63, 3.8) is 0 Å². The van der Waals surface area contributed by atoms with Crippen molar-refractivity contribution in [2.45, 2.75) is 31.7 Å². The van der Waals surface area contributed by atoms with Gasteiger partial charge in [0.2, 0.25) is 5.91 Å². The molecule has 0 radical (unpaired) electrons. The lowest BCUT2D eigenvalue weighted by molar-refractivity contribution is -0.125. The molecule has 16 heavy (non-hydrogen) atoms. The number of rotatable bonds is 6. The monoisotopic (exact) mass is 236 g/mol. The van der Waals surface area contributed by atoms with E-state index in [1.807, 2.05) is 0 Å². The number of carbonyl (C=O) groups excluding carboxylic acids is 1. The van der Waals surface area contributed by atoms with Gasteiger partial charge in [-0.15, -0.1) is 0 Å². The summed E-state index contributed by atoms with van der Waals surface area (Å²) >= 11 is 0. The van der Waals surface area contributed by atoms with Gasteiger partial charge in [0, 0.05) is 18.5 Å². The van der Waals surface area contributed by atoms with Crippen LogP contribution < -0.4 is 11.1 Å². The zero-order valence-corrected chi connectivity index (χ0v) is 9.12. The number of hydrogen-bond donors (Lipinski definition) is 2. The van der Waals surface area contributed by atoms with Crippen molar-refractivity contribution in [1.29, 1.82) is 0 Å². The van der Waals surface area contributed by atoms with Crippen molar-refractivity contribution >= 4 is 5.91 Å². The molecule has 1 fully saturated rings. The molecule has 0 aromatic rings. The van der Waals surface area contributed by atoms with Crippen LogP contribution in [0.4, 0.5) is 8.78 Å². The van der Waals surface area contributed by atoms with Crippen LogP contribution in [-0.4, -0.2) is 38.1 Å². The fourth-order valence-corrected chi connectivity index (χ4v) is 1.82. The first-order chi connectivity index (χ1) is 7.59. The van der Waals surface area contributed by atoms with E-state index in [1.165, 1.54) is 0 Å². The Hall–Kier alpha value is -0.750. The summed E-state index contributed by atoms with van der Waals surface area (Å²) in [6.07, 6.45) is -0.0577. The van der Waals surface area contributed by atoms with E-state index >= 15 is 0 Å². The van der Waals surface area contributed by atoms with Gasteiger partial charge in [0.1, 0.15) is 6.61 Å². The molecule has 4 nitrogen and oxygen atoms in total. The van der Waals surface area contributed by atoms with Crippen LogP contribution in [0.3, 0.4) is 0 Å². The van der Waals surface area contributed by atoms with Gasteiger partial charge in [0.25, 0.3) is 6.43 Å². The molecule has 0 saturated heterocycles. The summed E-state index contributed by atoms with van der Waals surface area (Å²) in [5.74, 6) is -0.0707. The van der Waals surface area contributed by atoms with Gasteiger partial charge in [0.05, 0.1) is 6.61 Å². The van der Waals surface area contributed by atoms with Crippen LogP contribution in [-0.2, 0) is 9.53 Å². The summed E-state index contributed by atoms with van der Waals surface area (Å²) in [7, 11) is 0. The van der Waals surface area contributed by atoms with Crippen molar-refractivity contribution in [1.82, 2.24) is 5.32 Å². The summed E-state index contributed by atoms with van der Waals surface area (Å²) in [5.41, 5.74) is 5.68. The average molecular weight is 236 g/mol. The minimum atomic E-state index is -2.46. The second-order valence-corrected chi connectivity index (χ2v) is 4.03. The molecule has 1 rings (SSSR count). The van der Waals surface area contributed by atoms with Crippen LogP contribution in [0.1, 0.15) is 19.3 Å². The molecule has 2 atom stereocenters. The Morgan fingerprint density at radius 1 is 1.50 bits per heavy atom. The van der Waals surface area contributed by atoms with E-state index in [2.05, 4.69) is 10.1 Å². The van der Waals surface area contributed by atoms with Crippen LogP contribution in [0, 0.1) is 5.92 Å². The highest BCUT2D eigenvalue weighted by molar-refractivity contribution is 5.78. The van der Waals surface area contributed by atoms with Crippen LogP contribution in [0.5, 0.6) is 0 Å². The molecule has 1 aliphatic carbocycles. The summed E-state index contributed by atoms with van der Waals surface area (Å²) in [4.78, 5) is 11.5. The number of ether oxygens (including phenoxy) is 1. The van der Waals surface area contributed by atoms with Gasteiger partial charge in [0.15, 0.2) is 0 Å². The number of alkyl halides is 2. The smallest absolute Gasteiger partial charge is 0.261 e. The SMILES string of the molecule is NC1CCC(C(=O)NCCOCC(F)F)C1. The predicted molar refractivity (Wildman–Crippen MR) is 55.1 cm³/mol. The maximum absolute atomic E-state index is 11.7. The molecule has 1 aliphatic rings. The minimum absolute atomic E-state index is 0.0231. The highest BCUT2D eigenvalue weighted by Crippen LogP contribution is 2.23. The Balaban J connectivity index is 2.02. The maximum atomic E-state index is 11.7. The van der Waals surface area contributed by atoms with E-state index in [-0.39, 0.29) is 31.0 Å². The van der Waals surface area contributed by atoms with Crippen molar-refractivity contribution in [3.05, 3.63) is 0 Å². The number of carbonyl (C=O) groups is 1. The molecule has 0 aromatic heterocycles. The zero-order valence-electron chi connectivity index (χ0n) is 9.12. The molecule has 0 heterocycles. The Morgan fingerprint density at radius 2 is 2.25 bits per heavy atom. The van der Waals surface area contributed by atoms with Gasteiger partial charge >= 0.3 is 0 Å². The molecule has 0 spiro atoms. The van der Waals surface area contributed by atoms with Crippen LogP contribution >= 0.6 is 0 Å². The minimum Gasteiger partial charge on any atom is -0.374 e. The third kappa shape index (κ3) is 4.85. The predicted octanol–water partition coefficient (Wildman–Crippen LogP) is 0.512. The molecule has 0 bridgehead atoms. The average Bonchev–Trinajstić information content (AvgIpc) is 2.63. The molecule has 94 valence electrons. The highest BCUT2D eigenvalue weighted by Gasteiger charge is 2.27. The summed E-state index contributed by atoms with van der Waals surface area (Å²) < 4.78 is 28.0. The largest absolute Gasteiger partial charge is 0.374 e. The fraction of sp³-hybridized carbons (Fsp3) is 0.900. The van der Waals surface area contributed by atoms with Gasteiger partial charge < -0.3 is 15.8 Å². The zero-order chi connectivity index (χ0) is 12.0. The van der Waals surface area contributed by atoms with Gasteiger partial charge in [-0.05, 0) is 19.3 Å². The Bertz CT molecular complexity index is 227. The molecule has 6 heteroatoms. The second-order valence-electron chi connectivity index (χ2n) is 4.03. The molecular formula is C10H18F2N2O2. The highest BCUT2D eigenvalue weighted by atomic mass is 19.3. The third-order valence-corrected chi connectivity index (χ3v) is 2.63. The normalized spacial score (nSPS) is 25.0. The van der Waals surface area contributed by atoms with Crippen LogP contribution in [0.15, 0.2) is 0 Å². The number of nitrogens with one attached hydrogen (secondary N) is 1. The van der Waals surface area contributed by atoms with E-state index in [4.69, 9.17) is 5.73 Å². The van der Waals surface area contributed by atoms with Crippen LogP contribution in [0.25, 0.3) is 0 Å². The molecule has 0 aromatic carbocycles. The van der Waals surface area contributed by atoms with E-state index in [0.717, 1.165) is 12.8 Å². The van der Waals surface area contributed by atoms with Gasteiger partial charge in [-0.2, -0.15) is 0 Å². The summed E-state index contributed by atoms with van der Waals surface area (Å²) in [5, 5.41) is 2.65. The first kappa shape index (κ1) is 13.3. The standard InChI is InChI=1S/C10H18F2N2O2/c11-9(12)6-16-4-3-14-10(15)7-1-2-8(13)5-7/h7-9H,1-6,13H2,(H,14,15). The van der Waals surface area contributed by atoms with Crippen LogP contribution in [0.2, 0.25) is 0 Å². The molecule has 1 saturated carbocycles. The van der Waals surface area contributed by atoms with Crippen molar-refractivity contribution in [2.75, 3.05) is 19.8 Å². The van der Waals surface area contributed by atoms with E-state index in [1.54, 1.807) is 0 Å². The number of halogens is 2. The summed E-state index contributed by atoms with van der Waals surface area (Å²) in [6.45, 7) is -0.184. The first-order valence-corrected chi connectivity index (χ1v) is 5.48. The maximum Gasteiger partial charge on any atom is 0.261 e. The van der Waals surface area contributed by atoms with Gasteiger partial charge in [-0.3, -0.25) is 4.79 Å². The van der Waals surface area contributed by atoms with Crippen molar-refractivity contribution in [2.24, 2.45) is 11.7 Å². The van der Waals surface area contributed by atoms with Crippen molar-refractivity contribution in [3.8, 4) is 0 Å². The molecule has 1 amide bonds. The first-order valence-electron chi connectivity index (χ1n) is 5.48. The number of amides is 1. The van der Waals surface area contributed by atoms with E-state index < -0.39 is 13.0 Å². The van der Waals surface area contributed by atoms with Gasteiger partial charge in [-0.25, -0.2) is 8.78 Å². The third-order valence-electron chi connectivity index (χ3n) is 2.63. The fourth-order valence-electron chi connectivity index (χ4n) is 1.82. The quantitative estimate of drug-likeness (QED) is 0.660. The van der Waals surface area contributed by atoms with E-state index in [9.17, 15) is 13.6 Å². The lowest BCUT2D eigenvalue weighted by Gasteiger charge is -2.10. The molecule has 0 aliphatic heterocycles. The lowest BCUT2D eigenvalue weighted by Crippen LogP contribution is -2.33. The Morgan fingerprint density at radius 3 is 2.81 bits per heavy atom. The number of nitrogens with two attached hydrogens (primary N) is 1. The van der Waals surface area contributed by atoms with Crippen molar-refractivity contribution < 1.29 is 18.3 Å². The lowest BCUT2D eigenvalue weighted by atomic mass is 10.1. The molecule has 2 unspecified atom stereocenters. The summed E-state index contributed by atoms with van der Waals surface area (Å²) in [6, 6.07) is 0.117. The number of hydrogen-bond acceptors (Lipinski definition) is 3. The molecule has 3 N–H and O–H groups in total. The Labute approximate surface area is 93.5 Å². The Kier molecular flexibility index (Phi) is 5.62.